The maximum Gasteiger partial charge on any atom is 0.256 e. The monoisotopic (exact) mass is 531 g/mol. The van der Waals surface area contributed by atoms with E-state index in [1.54, 1.807) is 21.3 Å². The van der Waals surface area contributed by atoms with Crippen LogP contribution in [0.15, 0.2) is 12.2 Å². The Labute approximate surface area is 220 Å². The van der Waals surface area contributed by atoms with Crippen LogP contribution < -0.4 is 5.32 Å². The molecule has 0 radical (unpaired) electrons. The van der Waals surface area contributed by atoms with Crippen LogP contribution in [0.2, 0.25) is 0 Å². The maximum atomic E-state index is 13.3. The van der Waals surface area contributed by atoms with Gasteiger partial charge in [-0.15, -0.1) is 0 Å². The molecule has 2 N–H and O–H groups in total. The van der Waals surface area contributed by atoms with Crippen molar-refractivity contribution >= 4 is 5.91 Å². The second-order valence-corrected chi connectivity index (χ2v) is 10.8. The van der Waals surface area contributed by atoms with Crippen LogP contribution in [-0.2, 0) is 42.7 Å². The summed E-state index contributed by atoms with van der Waals surface area (Å²) in [6.07, 6.45) is -4.23. The van der Waals surface area contributed by atoms with E-state index in [0.717, 1.165) is 5.57 Å². The summed E-state index contributed by atoms with van der Waals surface area (Å²) in [7, 11) is 6.28. The highest BCUT2D eigenvalue weighted by Crippen LogP contribution is 2.44. The number of ether oxygens (including phenoxy) is 8. The van der Waals surface area contributed by atoms with Gasteiger partial charge in [-0.25, -0.2) is 0 Å². The van der Waals surface area contributed by atoms with Crippen molar-refractivity contribution < 1.29 is 47.8 Å². The van der Waals surface area contributed by atoms with Gasteiger partial charge in [-0.1, -0.05) is 32.9 Å². The fourth-order valence-corrected chi connectivity index (χ4v) is 5.59. The number of aliphatic hydroxyl groups excluding tert-OH is 1. The molecule has 3 saturated heterocycles. The van der Waals surface area contributed by atoms with Gasteiger partial charge < -0.3 is 48.3 Å². The first-order valence-corrected chi connectivity index (χ1v) is 12.8. The molecule has 11 heteroatoms. The van der Waals surface area contributed by atoms with E-state index < -0.39 is 41.6 Å². The maximum absolute atomic E-state index is 13.3. The summed E-state index contributed by atoms with van der Waals surface area (Å²) in [5, 5.41) is 13.9. The Hall–Kier alpha value is -1.15. The minimum absolute atomic E-state index is 0.0639. The summed E-state index contributed by atoms with van der Waals surface area (Å²) in [6.45, 7) is 12.4. The fourth-order valence-electron chi connectivity index (χ4n) is 5.59. The second-order valence-electron chi connectivity index (χ2n) is 10.8. The first kappa shape index (κ1) is 30.4. The van der Waals surface area contributed by atoms with Gasteiger partial charge in [-0.05, 0) is 6.92 Å². The zero-order chi connectivity index (χ0) is 27.5. The van der Waals surface area contributed by atoms with E-state index in [4.69, 9.17) is 37.9 Å². The van der Waals surface area contributed by atoms with Crippen molar-refractivity contribution in [3.63, 3.8) is 0 Å². The standard InChI is InChI=1S/C26H45NO10/c1-14-11-26(33-9,37-16(3)15(14)2)21(28)23(29)27-24-20-19(34-13-35-24)22(32-8)25(4,5)18(36-20)10-17(31-7)12-30-6/h15-22,24,28H,1,10-13H2,2-9H3,(H,27,29)/t15-,16-,17+,18-,19+,20?,21-,22-,24+,26+/m1/s1. The molecule has 0 aliphatic carbocycles. The predicted octanol–water partition coefficient (Wildman–Crippen LogP) is 1.37. The molecule has 3 aliphatic heterocycles. The number of nitrogens with one attached hydrogen (secondary N) is 1. The number of aliphatic hydroxyl groups is 1. The molecule has 10 atom stereocenters. The van der Waals surface area contributed by atoms with Crippen LogP contribution in [0.5, 0.6) is 0 Å². The highest BCUT2D eigenvalue weighted by atomic mass is 16.7. The summed E-state index contributed by atoms with van der Waals surface area (Å²) in [5.41, 5.74) is 0.386. The molecule has 0 bridgehead atoms. The number of methoxy groups -OCH3 is 4. The first-order valence-electron chi connectivity index (χ1n) is 12.8. The molecule has 214 valence electrons. The van der Waals surface area contributed by atoms with Gasteiger partial charge >= 0.3 is 0 Å². The SMILES string of the molecule is C=C1C[C@@](OC)([C@H](O)C(=O)N[C@H]2OCO[C@H]3C2O[C@H](C[C@@H](COC)OC)C(C)(C)[C@@H]3OC)O[C@H](C)[C@@H]1C. The third-order valence-electron chi connectivity index (χ3n) is 8.23. The Morgan fingerprint density at radius 2 is 1.89 bits per heavy atom. The molecule has 1 amide bonds. The van der Waals surface area contributed by atoms with Crippen LogP contribution in [0.25, 0.3) is 0 Å². The normalized spacial score (nSPS) is 39.5. The zero-order valence-electron chi connectivity index (χ0n) is 23.4. The van der Waals surface area contributed by atoms with Gasteiger partial charge in [0.15, 0.2) is 12.3 Å². The van der Waals surface area contributed by atoms with E-state index in [-0.39, 0.29) is 43.5 Å². The largest absolute Gasteiger partial charge is 0.382 e. The average molecular weight is 532 g/mol. The Kier molecular flexibility index (Phi) is 10.1. The third kappa shape index (κ3) is 6.05. The highest BCUT2D eigenvalue weighted by Gasteiger charge is 2.57. The molecule has 0 aromatic heterocycles. The molecular weight excluding hydrogens is 486 g/mol. The number of rotatable bonds is 10. The lowest BCUT2D eigenvalue weighted by Crippen LogP contribution is -2.69. The first-order chi connectivity index (χ1) is 17.4. The van der Waals surface area contributed by atoms with E-state index in [2.05, 4.69) is 25.7 Å². The van der Waals surface area contributed by atoms with Gasteiger partial charge in [0.2, 0.25) is 5.79 Å². The predicted molar refractivity (Wildman–Crippen MR) is 132 cm³/mol. The quantitative estimate of drug-likeness (QED) is 0.400. The van der Waals surface area contributed by atoms with Crippen molar-refractivity contribution in [3.8, 4) is 0 Å². The van der Waals surface area contributed by atoms with Crippen LogP contribution in [0.3, 0.4) is 0 Å². The average Bonchev–Trinajstić information content (AvgIpc) is 2.86. The smallest absolute Gasteiger partial charge is 0.256 e. The molecule has 0 spiro atoms. The molecular formula is C26H45NO10. The van der Waals surface area contributed by atoms with E-state index in [1.807, 2.05) is 13.8 Å². The molecule has 11 nitrogen and oxygen atoms in total. The third-order valence-corrected chi connectivity index (χ3v) is 8.23. The van der Waals surface area contributed by atoms with E-state index in [0.29, 0.717) is 13.0 Å². The summed E-state index contributed by atoms with van der Waals surface area (Å²) >= 11 is 0. The lowest BCUT2D eigenvalue weighted by Gasteiger charge is -2.54. The minimum Gasteiger partial charge on any atom is -0.382 e. The van der Waals surface area contributed by atoms with E-state index in [1.165, 1.54) is 7.11 Å². The minimum atomic E-state index is -1.64. The number of carbonyl (C=O) groups is 1. The highest BCUT2D eigenvalue weighted by molar-refractivity contribution is 5.82. The zero-order valence-corrected chi connectivity index (χ0v) is 23.4. The molecule has 3 rings (SSSR count). The van der Waals surface area contributed by atoms with E-state index in [9.17, 15) is 9.90 Å². The number of hydrogen-bond acceptors (Lipinski definition) is 10. The molecule has 3 aliphatic rings. The topological polar surface area (TPSA) is 123 Å². The van der Waals surface area contributed by atoms with E-state index >= 15 is 0 Å². The summed E-state index contributed by atoms with van der Waals surface area (Å²) in [5.74, 6) is -2.21. The van der Waals surface area contributed by atoms with Crippen LogP contribution in [-0.4, -0.2) is 108 Å². The van der Waals surface area contributed by atoms with Crippen molar-refractivity contribution in [1.82, 2.24) is 5.32 Å². The molecule has 37 heavy (non-hydrogen) atoms. The van der Waals surface area contributed by atoms with Gasteiger partial charge in [0.05, 0.1) is 31.0 Å². The lowest BCUT2D eigenvalue weighted by atomic mass is 9.72. The number of hydrogen-bond donors (Lipinski definition) is 2. The van der Waals surface area contributed by atoms with Crippen molar-refractivity contribution in [2.45, 2.75) is 95.3 Å². The van der Waals surface area contributed by atoms with Crippen molar-refractivity contribution in [3.05, 3.63) is 12.2 Å². The molecule has 3 fully saturated rings. The molecule has 3 heterocycles. The van der Waals surface area contributed by atoms with Gasteiger partial charge in [-0.3, -0.25) is 4.79 Å². The fraction of sp³-hybridized carbons (Fsp3) is 0.885. The lowest BCUT2D eigenvalue weighted by molar-refractivity contribution is -0.333. The van der Waals surface area contributed by atoms with Gasteiger partial charge in [0, 0.05) is 52.6 Å². The molecule has 1 unspecified atom stereocenters. The Balaban J connectivity index is 1.80. The number of carbonyl (C=O) groups excluding carboxylic acids is 1. The molecule has 0 aromatic carbocycles. The molecule has 0 aromatic rings. The Morgan fingerprint density at radius 1 is 1.19 bits per heavy atom. The summed E-state index contributed by atoms with van der Waals surface area (Å²) < 4.78 is 46.5. The van der Waals surface area contributed by atoms with Crippen molar-refractivity contribution in [2.75, 3.05) is 41.8 Å². The van der Waals surface area contributed by atoms with Crippen LogP contribution in [0.1, 0.15) is 40.5 Å². The van der Waals surface area contributed by atoms with Gasteiger partial charge in [-0.2, -0.15) is 0 Å². The van der Waals surface area contributed by atoms with Crippen LogP contribution >= 0.6 is 0 Å². The van der Waals surface area contributed by atoms with Crippen molar-refractivity contribution in [1.29, 1.82) is 0 Å². The van der Waals surface area contributed by atoms with Crippen LogP contribution in [0, 0.1) is 11.3 Å². The van der Waals surface area contributed by atoms with Crippen LogP contribution in [0.4, 0.5) is 0 Å². The Morgan fingerprint density at radius 3 is 2.46 bits per heavy atom. The van der Waals surface area contributed by atoms with Crippen molar-refractivity contribution in [2.24, 2.45) is 11.3 Å². The summed E-state index contributed by atoms with van der Waals surface area (Å²) in [4.78, 5) is 13.3. The number of amides is 1. The number of fused-ring (bicyclic) bond motifs is 1. The summed E-state index contributed by atoms with van der Waals surface area (Å²) in [6, 6.07) is 0. The van der Waals surface area contributed by atoms with Gasteiger partial charge in [0.25, 0.3) is 5.91 Å². The second kappa shape index (κ2) is 12.4. The van der Waals surface area contributed by atoms with Gasteiger partial charge in [0.1, 0.15) is 19.0 Å². The Bertz CT molecular complexity index is 793. The molecule has 0 saturated carbocycles.